The van der Waals surface area contributed by atoms with Crippen LogP contribution in [0.25, 0.3) is 0 Å². The first-order chi connectivity index (χ1) is 13.5. The molecule has 1 aliphatic heterocycles. The van der Waals surface area contributed by atoms with E-state index in [0.29, 0.717) is 6.54 Å². The molecule has 2 aromatic rings. The first kappa shape index (κ1) is 19.1. The van der Waals surface area contributed by atoms with E-state index in [0.717, 1.165) is 55.3 Å². The van der Waals surface area contributed by atoms with Crippen LogP contribution in [0.2, 0.25) is 0 Å². The molecule has 2 atom stereocenters. The zero-order valence-electron chi connectivity index (χ0n) is 17.2. The molecule has 1 amide bonds. The van der Waals surface area contributed by atoms with Crippen LogP contribution >= 0.6 is 0 Å². The van der Waals surface area contributed by atoms with Gasteiger partial charge < -0.3 is 10.0 Å². The van der Waals surface area contributed by atoms with E-state index in [1.807, 2.05) is 11.1 Å². The highest BCUT2D eigenvalue weighted by atomic mass is 16.3. The Kier molecular flexibility index (Phi) is 5.24. The Bertz CT molecular complexity index is 888. The average molecular weight is 379 g/mol. The largest absolute Gasteiger partial charge is 0.391 e. The van der Waals surface area contributed by atoms with Crippen LogP contribution in [0.1, 0.15) is 76.5 Å². The number of nitrogens with zero attached hydrogens (tertiary/aromatic N) is 2. The van der Waals surface area contributed by atoms with Gasteiger partial charge >= 0.3 is 0 Å². The molecule has 1 N–H and O–H groups in total. The third-order valence-corrected chi connectivity index (χ3v) is 6.70. The van der Waals surface area contributed by atoms with Crippen molar-refractivity contribution in [2.24, 2.45) is 0 Å². The van der Waals surface area contributed by atoms with Gasteiger partial charge in [0.15, 0.2) is 0 Å². The quantitative estimate of drug-likeness (QED) is 0.871. The Hall–Kier alpha value is -2.20. The van der Waals surface area contributed by atoms with Gasteiger partial charge in [-0.05, 0) is 79.5 Å². The average Bonchev–Trinajstić information content (AvgIpc) is 3.03. The van der Waals surface area contributed by atoms with Crippen LogP contribution in [0.15, 0.2) is 24.4 Å². The van der Waals surface area contributed by atoms with Crippen molar-refractivity contribution in [3.63, 3.8) is 0 Å². The smallest absolute Gasteiger partial charge is 0.254 e. The molecular weight excluding hydrogens is 348 g/mol. The van der Waals surface area contributed by atoms with Crippen molar-refractivity contribution in [2.75, 3.05) is 0 Å². The Morgan fingerprint density at radius 3 is 2.64 bits per heavy atom. The topological polar surface area (TPSA) is 53.4 Å². The molecule has 4 rings (SSSR count). The summed E-state index contributed by atoms with van der Waals surface area (Å²) in [6, 6.07) is 6.27. The number of carbonyl (C=O) groups excluding carboxylic acids is 1. The van der Waals surface area contributed by atoms with Gasteiger partial charge in [-0.2, -0.15) is 0 Å². The van der Waals surface area contributed by atoms with Gasteiger partial charge in [0.25, 0.3) is 5.91 Å². The Labute approximate surface area is 167 Å². The summed E-state index contributed by atoms with van der Waals surface area (Å²) in [7, 11) is 0. The van der Waals surface area contributed by atoms with Gasteiger partial charge in [-0.15, -0.1) is 0 Å². The van der Waals surface area contributed by atoms with Gasteiger partial charge in [0.2, 0.25) is 0 Å². The molecule has 28 heavy (non-hydrogen) atoms. The van der Waals surface area contributed by atoms with E-state index in [9.17, 15) is 9.90 Å². The fourth-order valence-electron chi connectivity index (χ4n) is 4.73. The van der Waals surface area contributed by atoms with Crippen LogP contribution in [0, 0.1) is 13.8 Å². The minimum absolute atomic E-state index is 0.0393. The second kappa shape index (κ2) is 7.67. The molecule has 1 saturated carbocycles. The molecule has 0 saturated heterocycles. The molecule has 2 aliphatic rings. The molecule has 1 aliphatic carbocycles. The molecule has 0 spiro atoms. The third kappa shape index (κ3) is 3.35. The molecule has 4 nitrogen and oxygen atoms in total. The number of rotatable bonds is 4. The Morgan fingerprint density at radius 1 is 1.18 bits per heavy atom. The number of hydrogen-bond donors (Lipinski definition) is 1. The number of benzene rings is 1. The number of aromatic nitrogens is 1. The summed E-state index contributed by atoms with van der Waals surface area (Å²) in [6.45, 7) is 7.03. The zero-order valence-corrected chi connectivity index (χ0v) is 17.2. The number of fused-ring (bicyclic) bond motifs is 1. The molecule has 4 heteroatoms. The van der Waals surface area contributed by atoms with Crippen molar-refractivity contribution in [1.29, 1.82) is 0 Å². The minimum Gasteiger partial charge on any atom is -0.391 e. The van der Waals surface area contributed by atoms with E-state index in [1.165, 1.54) is 22.3 Å². The SMILES string of the molecule is CCc1ccc(Cc2cc3c(c(C)c2C)CN([C@H]2CCCC[C@@H]2O)C3=O)cn1. The number of pyridine rings is 1. The molecule has 1 aromatic carbocycles. The monoisotopic (exact) mass is 378 g/mol. The number of aryl methyl sites for hydroxylation is 1. The van der Waals surface area contributed by atoms with Gasteiger partial charge in [-0.1, -0.05) is 25.8 Å². The molecule has 1 aromatic heterocycles. The summed E-state index contributed by atoms with van der Waals surface area (Å²) in [6.07, 6.45) is 7.14. The maximum absolute atomic E-state index is 13.2. The molecule has 148 valence electrons. The Morgan fingerprint density at radius 2 is 1.96 bits per heavy atom. The zero-order chi connectivity index (χ0) is 19.8. The van der Waals surface area contributed by atoms with Crippen molar-refractivity contribution >= 4 is 5.91 Å². The number of amides is 1. The van der Waals surface area contributed by atoms with E-state index in [2.05, 4.69) is 44.0 Å². The van der Waals surface area contributed by atoms with Crippen LogP contribution < -0.4 is 0 Å². The number of carbonyl (C=O) groups is 1. The Balaban J connectivity index is 1.63. The highest BCUT2D eigenvalue weighted by Crippen LogP contribution is 2.35. The standard InChI is InChI=1S/C24H30N2O2/c1-4-19-10-9-17(13-25-19)11-18-12-20-21(16(3)15(18)2)14-26(24(20)28)22-7-5-6-8-23(22)27/h9-10,12-13,22-23,27H,4-8,11,14H2,1-3H3/t22-,23-/m0/s1. The predicted octanol–water partition coefficient (Wildman–Crippen LogP) is 4.11. The molecule has 0 bridgehead atoms. The normalized spacial score (nSPS) is 21.9. The van der Waals surface area contributed by atoms with Crippen molar-refractivity contribution in [3.8, 4) is 0 Å². The van der Waals surface area contributed by atoms with Crippen molar-refractivity contribution in [1.82, 2.24) is 9.88 Å². The third-order valence-electron chi connectivity index (χ3n) is 6.70. The minimum atomic E-state index is -0.393. The summed E-state index contributed by atoms with van der Waals surface area (Å²) in [5.41, 5.74) is 7.91. The molecule has 0 radical (unpaired) electrons. The molecular formula is C24H30N2O2. The van der Waals surface area contributed by atoms with Gasteiger partial charge in [0.05, 0.1) is 12.1 Å². The first-order valence-electron chi connectivity index (χ1n) is 10.5. The number of hydrogen-bond acceptors (Lipinski definition) is 3. The van der Waals surface area contributed by atoms with E-state index in [-0.39, 0.29) is 11.9 Å². The summed E-state index contributed by atoms with van der Waals surface area (Å²) < 4.78 is 0. The van der Waals surface area contributed by atoms with Crippen molar-refractivity contribution < 1.29 is 9.90 Å². The van der Waals surface area contributed by atoms with E-state index in [4.69, 9.17) is 0 Å². The van der Waals surface area contributed by atoms with Crippen LogP contribution in [0.3, 0.4) is 0 Å². The van der Waals surface area contributed by atoms with E-state index in [1.54, 1.807) is 0 Å². The van der Waals surface area contributed by atoms with Crippen molar-refractivity contribution in [2.45, 2.75) is 78.0 Å². The van der Waals surface area contributed by atoms with Crippen LogP contribution in [0.5, 0.6) is 0 Å². The summed E-state index contributed by atoms with van der Waals surface area (Å²) >= 11 is 0. The lowest BCUT2D eigenvalue weighted by atomic mass is 9.91. The van der Waals surface area contributed by atoms with Crippen molar-refractivity contribution in [3.05, 3.63) is 63.5 Å². The maximum Gasteiger partial charge on any atom is 0.254 e. The van der Waals surface area contributed by atoms with Crippen LogP contribution in [0.4, 0.5) is 0 Å². The summed E-state index contributed by atoms with van der Waals surface area (Å²) in [5.74, 6) is 0.0877. The fraction of sp³-hybridized carbons (Fsp3) is 0.500. The van der Waals surface area contributed by atoms with Gasteiger partial charge in [-0.25, -0.2) is 0 Å². The number of aliphatic hydroxyl groups excluding tert-OH is 1. The highest BCUT2D eigenvalue weighted by Gasteiger charge is 2.38. The lowest BCUT2D eigenvalue weighted by Gasteiger charge is -2.35. The molecule has 1 fully saturated rings. The number of aliphatic hydroxyl groups is 1. The molecule has 2 heterocycles. The fourth-order valence-corrected chi connectivity index (χ4v) is 4.73. The van der Waals surface area contributed by atoms with Gasteiger partial charge in [0.1, 0.15) is 0 Å². The lowest BCUT2D eigenvalue weighted by Crippen LogP contribution is -2.45. The second-order valence-electron chi connectivity index (χ2n) is 8.35. The highest BCUT2D eigenvalue weighted by molar-refractivity contribution is 5.99. The summed E-state index contributed by atoms with van der Waals surface area (Å²) in [4.78, 5) is 19.6. The van der Waals surface area contributed by atoms with Crippen LogP contribution in [-0.4, -0.2) is 33.0 Å². The lowest BCUT2D eigenvalue weighted by molar-refractivity contribution is 0.0191. The summed E-state index contributed by atoms with van der Waals surface area (Å²) in [5, 5.41) is 10.4. The van der Waals surface area contributed by atoms with Crippen LogP contribution in [-0.2, 0) is 19.4 Å². The van der Waals surface area contributed by atoms with E-state index < -0.39 is 6.10 Å². The molecule has 0 unspecified atom stereocenters. The van der Waals surface area contributed by atoms with E-state index >= 15 is 0 Å². The maximum atomic E-state index is 13.2. The first-order valence-corrected chi connectivity index (χ1v) is 10.5. The van der Waals surface area contributed by atoms with Gasteiger partial charge in [0, 0.05) is 24.0 Å². The second-order valence-corrected chi connectivity index (χ2v) is 8.35. The van der Waals surface area contributed by atoms with Gasteiger partial charge in [-0.3, -0.25) is 9.78 Å². The predicted molar refractivity (Wildman–Crippen MR) is 110 cm³/mol.